The summed E-state index contributed by atoms with van der Waals surface area (Å²) < 4.78 is 5.59. The molecular formula is C22H21ClN2O4S. The fraction of sp³-hybridized carbons (Fsp3) is 0.182. The quantitative estimate of drug-likeness (QED) is 0.435. The third kappa shape index (κ3) is 5.18. The molecule has 0 spiro atoms. The Bertz CT molecular complexity index is 1040. The van der Waals surface area contributed by atoms with Crippen molar-refractivity contribution < 1.29 is 19.4 Å². The molecule has 156 valence electrons. The van der Waals surface area contributed by atoms with Crippen molar-refractivity contribution in [2.24, 2.45) is 0 Å². The van der Waals surface area contributed by atoms with Crippen LogP contribution in [0, 0.1) is 0 Å². The molecule has 0 aliphatic rings. The smallest absolute Gasteiger partial charge is 0.341 e. The highest BCUT2D eigenvalue weighted by Crippen LogP contribution is 2.43. The molecule has 0 radical (unpaired) electrons. The molecule has 6 nitrogen and oxygen atoms in total. The highest BCUT2D eigenvalue weighted by Gasteiger charge is 2.26. The summed E-state index contributed by atoms with van der Waals surface area (Å²) >= 11 is 7.56. The van der Waals surface area contributed by atoms with Gasteiger partial charge in [0, 0.05) is 11.3 Å². The van der Waals surface area contributed by atoms with Crippen molar-refractivity contribution in [1.29, 1.82) is 0 Å². The molecule has 0 saturated carbocycles. The number of carbonyl (C=O) groups excluding carboxylic acids is 2. The Hall–Kier alpha value is -2.87. The van der Waals surface area contributed by atoms with E-state index in [2.05, 4.69) is 10.6 Å². The molecular weight excluding hydrogens is 424 g/mol. The van der Waals surface area contributed by atoms with Gasteiger partial charge in [-0.3, -0.25) is 4.79 Å². The molecule has 1 amide bonds. The van der Waals surface area contributed by atoms with E-state index in [0.29, 0.717) is 20.6 Å². The van der Waals surface area contributed by atoms with Gasteiger partial charge in [-0.25, -0.2) is 4.79 Å². The predicted molar refractivity (Wildman–Crippen MR) is 120 cm³/mol. The molecule has 0 aliphatic heterocycles. The lowest BCUT2D eigenvalue weighted by atomic mass is 10.0. The second kappa shape index (κ2) is 10.2. The van der Waals surface area contributed by atoms with E-state index < -0.39 is 5.97 Å². The highest BCUT2D eigenvalue weighted by molar-refractivity contribution is 7.21. The van der Waals surface area contributed by atoms with E-state index in [4.69, 9.17) is 16.3 Å². The van der Waals surface area contributed by atoms with E-state index in [1.54, 1.807) is 31.2 Å². The van der Waals surface area contributed by atoms with Gasteiger partial charge in [-0.2, -0.15) is 0 Å². The Morgan fingerprint density at radius 2 is 1.90 bits per heavy atom. The topological polar surface area (TPSA) is 87.7 Å². The van der Waals surface area contributed by atoms with Crippen LogP contribution in [-0.2, 0) is 16.1 Å². The molecule has 0 bridgehead atoms. The second-order valence-corrected chi connectivity index (χ2v) is 7.92. The lowest BCUT2D eigenvalue weighted by Crippen LogP contribution is -2.22. The average molecular weight is 445 g/mol. The maximum atomic E-state index is 12.6. The molecule has 0 unspecified atom stereocenters. The lowest BCUT2D eigenvalue weighted by Gasteiger charge is -2.10. The number of thiophene rings is 1. The Balaban J connectivity index is 1.82. The van der Waals surface area contributed by atoms with E-state index in [-0.39, 0.29) is 31.2 Å². The normalized spacial score (nSPS) is 10.5. The number of hydrogen-bond acceptors (Lipinski definition) is 6. The van der Waals surface area contributed by atoms with E-state index in [0.717, 1.165) is 22.5 Å². The van der Waals surface area contributed by atoms with Gasteiger partial charge in [0.1, 0.15) is 14.9 Å². The van der Waals surface area contributed by atoms with Gasteiger partial charge >= 0.3 is 5.97 Å². The first-order valence-corrected chi connectivity index (χ1v) is 10.5. The van der Waals surface area contributed by atoms with Crippen LogP contribution in [0.5, 0.6) is 0 Å². The van der Waals surface area contributed by atoms with Crippen molar-refractivity contribution >= 4 is 45.5 Å². The minimum atomic E-state index is -0.543. The number of benzene rings is 2. The fourth-order valence-corrected chi connectivity index (χ4v) is 4.27. The summed E-state index contributed by atoms with van der Waals surface area (Å²) in [6.45, 7) is 1.82. The number of hydrogen-bond donors (Lipinski definition) is 3. The molecule has 3 N–H and O–H groups in total. The monoisotopic (exact) mass is 444 g/mol. The molecule has 2 aromatic carbocycles. The van der Waals surface area contributed by atoms with Crippen LogP contribution in [0.25, 0.3) is 11.1 Å². The third-order valence-corrected chi connectivity index (χ3v) is 5.54. The maximum absolute atomic E-state index is 12.6. The van der Waals surface area contributed by atoms with E-state index >= 15 is 0 Å². The van der Waals surface area contributed by atoms with Crippen molar-refractivity contribution in [2.75, 3.05) is 23.8 Å². The van der Waals surface area contributed by atoms with Crippen LogP contribution >= 0.6 is 22.9 Å². The van der Waals surface area contributed by atoms with Gasteiger partial charge in [0.25, 0.3) is 0 Å². The summed E-state index contributed by atoms with van der Waals surface area (Å²) in [5.74, 6) is -0.883. The molecule has 0 saturated heterocycles. The SMILES string of the molecule is CCOC(=O)c1c(NC(=O)CNc2cccc(CO)c2)sc(Cl)c1-c1ccccc1. The summed E-state index contributed by atoms with van der Waals surface area (Å²) in [7, 11) is 0. The van der Waals surface area contributed by atoms with Crippen LogP contribution in [-0.4, -0.2) is 30.1 Å². The van der Waals surface area contributed by atoms with Gasteiger partial charge in [-0.05, 0) is 30.2 Å². The van der Waals surface area contributed by atoms with Gasteiger partial charge in [0.2, 0.25) is 5.91 Å². The molecule has 0 aliphatic carbocycles. The number of rotatable bonds is 8. The van der Waals surface area contributed by atoms with Gasteiger partial charge in [-0.1, -0.05) is 54.1 Å². The summed E-state index contributed by atoms with van der Waals surface area (Å²) in [6, 6.07) is 16.4. The van der Waals surface area contributed by atoms with Crippen LogP contribution in [0.2, 0.25) is 4.34 Å². The number of nitrogens with one attached hydrogen (secondary N) is 2. The molecule has 3 rings (SSSR count). The standard InChI is InChI=1S/C22H21ClN2O4S/c1-2-29-22(28)19-18(15-8-4-3-5-9-15)20(23)30-21(19)25-17(27)12-24-16-10-6-7-14(11-16)13-26/h3-11,24,26H,2,12-13H2,1H3,(H,25,27). The van der Waals surface area contributed by atoms with E-state index in [1.165, 1.54) is 0 Å². The first-order valence-electron chi connectivity index (χ1n) is 9.31. The van der Waals surface area contributed by atoms with Crippen LogP contribution in [0.3, 0.4) is 0 Å². The minimum Gasteiger partial charge on any atom is -0.462 e. The van der Waals surface area contributed by atoms with Crippen LogP contribution in [0.4, 0.5) is 10.7 Å². The summed E-state index contributed by atoms with van der Waals surface area (Å²) in [5.41, 5.74) is 2.99. The zero-order chi connectivity index (χ0) is 21.5. The molecule has 0 atom stereocenters. The van der Waals surface area contributed by atoms with Crippen LogP contribution in [0.15, 0.2) is 54.6 Å². The Kier molecular flexibility index (Phi) is 7.46. The van der Waals surface area contributed by atoms with Gasteiger partial charge in [0.15, 0.2) is 0 Å². The Labute approximate surface area is 183 Å². The fourth-order valence-electron chi connectivity index (χ4n) is 2.88. The third-order valence-electron chi connectivity index (χ3n) is 4.22. The van der Waals surface area contributed by atoms with Crippen molar-refractivity contribution in [1.82, 2.24) is 0 Å². The number of ether oxygens (including phenoxy) is 1. The zero-order valence-electron chi connectivity index (χ0n) is 16.3. The molecule has 30 heavy (non-hydrogen) atoms. The molecule has 1 heterocycles. The summed E-state index contributed by atoms with van der Waals surface area (Å²) in [4.78, 5) is 25.2. The second-order valence-electron chi connectivity index (χ2n) is 6.30. The lowest BCUT2D eigenvalue weighted by molar-refractivity contribution is -0.114. The number of carbonyl (C=O) groups is 2. The number of aliphatic hydroxyl groups is 1. The first kappa shape index (κ1) is 21.8. The van der Waals surface area contributed by atoms with Crippen LogP contribution in [0.1, 0.15) is 22.8 Å². The summed E-state index contributed by atoms with van der Waals surface area (Å²) in [5, 5.41) is 15.3. The van der Waals surface area contributed by atoms with Gasteiger partial charge in [-0.15, -0.1) is 11.3 Å². The van der Waals surface area contributed by atoms with Crippen LogP contribution < -0.4 is 10.6 Å². The molecule has 0 fully saturated rings. The van der Waals surface area contributed by atoms with Gasteiger partial charge < -0.3 is 20.5 Å². The largest absolute Gasteiger partial charge is 0.462 e. The zero-order valence-corrected chi connectivity index (χ0v) is 17.8. The van der Waals surface area contributed by atoms with Crippen molar-refractivity contribution in [3.63, 3.8) is 0 Å². The average Bonchev–Trinajstić information content (AvgIpc) is 3.08. The number of esters is 1. The predicted octanol–water partition coefficient (Wildman–Crippen LogP) is 4.79. The molecule has 1 aromatic heterocycles. The first-order chi connectivity index (χ1) is 14.5. The van der Waals surface area contributed by atoms with E-state index in [1.807, 2.05) is 30.3 Å². The minimum absolute atomic E-state index is 0.0205. The summed E-state index contributed by atoms with van der Waals surface area (Å²) in [6.07, 6.45) is 0. The maximum Gasteiger partial charge on any atom is 0.341 e. The Morgan fingerprint density at radius 3 is 2.60 bits per heavy atom. The van der Waals surface area contributed by atoms with Crippen molar-refractivity contribution in [3.05, 3.63) is 70.1 Å². The number of amides is 1. The number of anilines is 2. The van der Waals surface area contributed by atoms with E-state index in [9.17, 15) is 14.7 Å². The number of halogens is 1. The Morgan fingerprint density at radius 1 is 1.13 bits per heavy atom. The number of aliphatic hydroxyl groups excluding tert-OH is 1. The highest BCUT2D eigenvalue weighted by atomic mass is 35.5. The van der Waals surface area contributed by atoms with Crippen molar-refractivity contribution in [3.8, 4) is 11.1 Å². The molecule has 8 heteroatoms. The molecule has 3 aromatic rings. The van der Waals surface area contributed by atoms with Crippen molar-refractivity contribution in [2.45, 2.75) is 13.5 Å². The van der Waals surface area contributed by atoms with Gasteiger partial charge in [0.05, 0.1) is 19.8 Å².